The second-order valence-electron chi connectivity index (χ2n) is 5.76. The first kappa shape index (κ1) is 14.0. The van der Waals surface area contributed by atoms with Crippen LogP contribution in [0.5, 0.6) is 0 Å². The van der Waals surface area contributed by atoms with Gasteiger partial charge in [0.1, 0.15) is 0 Å². The lowest BCUT2D eigenvalue weighted by atomic mass is 9.83. The minimum absolute atomic E-state index is 0.0224. The van der Waals surface area contributed by atoms with Crippen molar-refractivity contribution < 1.29 is 4.74 Å². The van der Waals surface area contributed by atoms with Gasteiger partial charge in [-0.2, -0.15) is 0 Å². The molecule has 1 saturated carbocycles. The predicted octanol–water partition coefficient (Wildman–Crippen LogP) is 3.49. The van der Waals surface area contributed by atoms with Gasteiger partial charge in [-0.05, 0) is 31.6 Å². The Bertz CT molecular complexity index is 183. The van der Waals surface area contributed by atoms with E-state index in [0.29, 0.717) is 0 Å². The van der Waals surface area contributed by atoms with Crippen molar-refractivity contribution in [2.45, 2.75) is 76.9 Å². The summed E-state index contributed by atoms with van der Waals surface area (Å²) in [7, 11) is 1.85. The maximum Gasteiger partial charge on any atom is 0.0828 e. The Hall–Kier alpha value is -0.0800. The van der Waals surface area contributed by atoms with Gasteiger partial charge in [0.15, 0.2) is 0 Å². The van der Waals surface area contributed by atoms with E-state index in [1.165, 1.54) is 32.1 Å². The molecular weight excluding hydrogens is 198 g/mol. The summed E-state index contributed by atoms with van der Waals surface area (Å²) in [4.78, 5) is 0. The van der Waals surface area contributed by atoms with E-state index >= 15 is 0 Å². The highest BCUT2D eigenvalue weighted by Gasteiger charge is 2.36. The molecule has 0 aromatic carbocycles. The second kappa shape index (κ2) is 6.61. The van der Waals surface area contributed by atoms with E-state index in [2.05, 4.69) is 13.8 Å². The number of rotatable bonds is 5. The molecule has 0 spiro atoms. The molecule has 0 aliphatic heterocycles. The maximum absolute atomic E-state index is 6.39. The molecular formula is C14H29NO. The monoisotopic (exact) mass is 227 g/mol. The van der Waals surface area contributed by atoms with Crippen LogP contribution in [0, 0.1) is 5.92 Å². The third-order valence-electron chi connectivity index (χ3n) is 4.09. The van der Waals surface area contributed by atoms with E-state index in [-0.39, 0.29) is 11.6 Å². The molecule has 16 heavy (non-hydrogen) atoms. The highest BCUT2D eigenvalue weighted by molar-refractivity contribution is 4.92. The maximum atomic E-state index is 6.39. The summed E-state index contributed by atoms with van der Waals surface area (Å²) in [5, 5.41) is 0. The zero-order valence-electron chi connectivity index (χ0n) is 11.3. The molecule has 0 aromatic heterocycles. The Balaban J connectivity index is 2.54. The molecule has 2 heteroatoms. The minimum atomic E-state index is -0.0224. The van der Waals surface area contributed by atoms with Gasteiger partial charge in [-0.3, -0.25) is 0 Å². The summed E-state index contributed by atoms with van der Waals surface area (Å²) in [6.45, 7) is 4.53. The molecule has 0 bridgehead atoms. The summed E-state index contributed by atoms with van der Waals surface area (Å²) < 4.78 is 5.83. The van der Waals surface area contributed by atoms with Crippen molar-refractivity contribution in [1.29, 1.82) is 0 Å². The molecule has 0 radical (unpaired) electrons. The third kappa shape index (κ3) is 3.74. The van der Waals surface area contributed by atoms with Gasteiger partial charge in [0.2, 0.25) is 0 Å². The zero-order valence-corrected chi connectivity index (χ0v) is 11.3. The van der Waals surface area contributed by atoms with Crippen LogP contribution < -0.4 is 5.73 Å². The third-order valence-corrected chi connectivity index (χ3v) is 4.09. The van der Waals surface area contributed by atoms with Crippen molar-refractivity contribution in [3.05, 3.63) is 0 Å². The minimum Gasteiger partial charge on any atom is -0.377 e. The van der Waals surface area contributed by atoms with Crippen LogP contribution >= 0.6 is 0 Å². The van der Waals surface area contributed by atoms with Crippen LogP contribution in [0.3, 0.4) is 0 Å². The van der Waals surface area contributed by atoms with Gasteiger partial charge in [-0.25, -0.2) is 0 Å². The van der Waals surface area contributed by atoms with Crippen LogP contribution in [0.25, 0.3) is 0 Å². The molecule has 2 N–H and O–H groups in total. The highest BCUT2D eigenvalue weighted by atomic mass is 16.5. The molecule has 1 rings (SSSR count). The van der Waals surface area contributed by atoms with E-state index in [1.54, 1.807) is 0 Å². The smallest absolute Gasteiger partial charge is 0.0828 e. The van der Waals surface area contributed by atoms with Gasteiger partial charge in [0, 0.05) is 13.2 Å². The first-order valence-corrected chi connectivity index (χ1v) is 6.91. The first-order valence-electron chi connectivity index (χ1n) is 6.91. The number of hydrogen-bond acceptors (Lipinski definition) is 2. The van der Waals surface area contributed by atoms with E-state index < -0.39 is 0 Å². The Morgan fingerprint density at radius 1 is 1.06 bits per heavy atom. The van der Waals surface area contributed by atoms with Gasteiger partial charge in [-0.1, -0.05) is 39.5 Å². The standard InChI is InChI=1S/C14H29NO/c1-12(2)8-9-13(15)14(16-3)10-6-4-5-7-11-14/h12-13H,4-11,15H2,1-3H3. The Morgan fingerprint density at radius 2 is 1.62 bits per heavy atom. The molecule has 1 fully saturated rings. The van der Waals surface area contributed by atoms with E-state index in [0.717, 1.165) is 25.2 Å². The summed E-state index contributed by atoms with van der Waals surface area (Å²) in [6, 6.07) is 0.220. The van der Waals surface area contributed by atoms with Crippen LogP contribution in [0.1, 0.15) is 65.2 Å². The predicted molar refractivity (Wildman–Crippen MR) is 69.5 cm³/mol. The van der Waals surface area contributed by atoms with Gasteiger partial charge in [0.25, 0.3) is 0 Å². The number of hydrogen-bond donors (Lipinski definition) is 1. The molecule has 0 aromatic rings. The molecule has 1 atom stereocenters. The Labute approximate surface area is 101 Å². The van der Waals surface area contributed by atoms with Gasteiger partial charge >= 0.3 is 0 Å². The summed E-state index contributed by atoms with van der Waals surface area (Å²) in [6.07, 6.45) is 9.89. The molecule has 2 nitrogen and oxygen atoms in total. The average Bonchev–Trinajstić information content (AvgIpc) is 2.51. The van der Waals surface area contributed by atoms with Crippen LogP contribution in [0.2, 0.25) is 0 Å². The fraction of sp³-hybridized carbons (Fsp3) is 1.00. The lowest BCUT2D eigenvalue weighted by Crippen LogP contribution is -2.49. The molecule has 0 amide bonds. The van der Waals surface area contributed by atoms with Gasteiger partial charge in [0.05, 0.1) is 5.60 Å². The topological polar surface area (TPSA) is 35.2 Å². The lowest BCUT2D eigenvalue weighted by Gasteiger charge is -2.37. The number of methoxy groups -OCH3 is 1. The van der Waals surface area contributed by atoms with Crippen LogP contribution in [-0.2, 0) is 4.74 Å². The number of ether oxygens (including phenoxy) is 1. The molecule has 96 valence electrons. The van der Waals surface area contributed by atoms with Crippen molar-refractivity contribution in [3.8, 4) is 0 Å². The van der Waals surface area contributed by atoms with Crippen molar-refractivity contribution in [2.24, 2.45) is 11.7 Å². The first-order chi connectivity index (χ1) is 7.60. The molecule has 1 aliphatic carbocycles. The van der Waals surface area contributed by atoms with Gasteiger partial charge < -0.3 is 10.5 Å². The fourth-order valence-corrected chi connectivity index (χ4v) is 2.83. The lowest BCUT2D eigenvalue weighted by molar-refractivity contribution is -0.0459. The van der Waals surface area contributed by atoms with E-state index in [1.807, 2.05) is 7.11 Å². The summed E-state index contributed by atoms with van der Waals surface area (Å²) >= 11 is 0. The fourth-order valence-electron chi connectivity index (χ4n) is 2.83. The van der Waals surface area contributed by atoms with E-state index in [9.17, 15) is 0 Å². The number of nitrogens with two attached hydrogens (primary N) is 1. The van der Waals surface area contributed by atoms with Crippen molar-refractivity contribution in [3.63, 3.8) is 0 Å². The SMILES string of the molecule is COC1(C(N)CCC(C)C)CCCCCC1. The summed E-state index contributed by atoms with van der Waals surface area (Å²) in [5.41, 5.74) is 6.36. The van der Waals surface area contributed by atoms with Crippen molar-refractivity contribution in [1.82, 2.24) is 0 Å². The van der Waals surface area contributed by atoms with E-state index in [4.69, 9.17) is 10.5 Å². The Kier molecular flexibility index (Phi) is 5.77. The Morgan fingerprint density at radius 3 is 2.06 bits per heavy atom. The van der Waals surface area contributed by atoms with Crippen LogP contribution in [-0.4, -0.2) is 18.8 Å². The van der Waals surface area contributed by atoms with Crippen molar-refractivity contribution >= 4 is 0 Å². The zero-order chi connectivity index (χ0) is 12.0. The van der Waals surface area contributed by atoms with Crippen LogP contribution in [0.15, 0.2) is 0 Å². The van der Waals surface area contributed by atoms with Crippen LogP contribution in [0.4, 0.5) is 0 Å². The largest absolute Gasteiger partial charge is 0.377 e. The molecule has 1 unspecified atom stereocenters. The van der Waals surface area contributed by atoms with Gasteiger partial charge in [-0.15, -0.1) is 0 Å². The molecule has 0 saturated heterocycles. The molecule has 1 aliphatic rings. The normalized spacial score (nSPS) is 23.1. The second-order valence-corrected chi connectivity index (χ2v) is 5.76. The summed E-state index contributed by atoms with van der Waals surface area (Å²) in [5.74, 6) is 0.741. The molecule has 0 heterocycles. The van der Waals surface area contributed by atoms with Crippen molar-refractivity contribution in [2.75, 3.05) is 7.11 Å². The average molecular weight is 227 g/mol. The quantitative estimate of drug-likeness (QED) is 0.730. The highest BCUT2D eigenvalue weighted by Crippen LogP contribution is 2.34.